The Labute approximate surface area is 67.6 Å². The van der Waals surface area contributed by atoms with Gasteiger partial charge in [-0.05, 0) is 0 Å². The second kappa shape index (κ2) is 2.32. The molecule has 2 rings (SSSR count). The third-order valence-electron chi connectivity index (χ3n) is 1.44. The van der Waals surface area contributed by atoms with Crippen LogP contribution in [0.4, 0.5) is 4.39 Å². The molecular formula is C7H4FNOSe. The van der Waals surface area contributed by atoms with Crippen LogP contribution >= 0.6 is 0 Å². The SMILES string of the molecule is O=c1[nH][se]c2ccc(F)cc12. The van der Waals surface area contributed by atoms with Gasteiger partial charge in [-0.1, -0.05) is 0 Å². The minimum atomic E-state index is -0.350. The van der Waals surface area contributed by atoms with Gasteiger partial charge in [-0.25, -0.2) is 0 Å². The number of hydrogen-bond acceptors (Lipinski definition) is 1. The third kappa shape index (κ3) is 1.04. The van der Waals surface area contributed by atoms with E-state index < -0.39 is 0 Å². The predicted octanol–water partition coefficient (Wildman–Crippen LogP) is 0.724. The van der Waals surface area contributed by atoms with Crippen LogP contribution in [-0.2, 0) is 0 Å². The molecule has 0 atom stereocenters. The van der Waals surface area contributed by atoms with Crippen molar-refractivity contribution in [1.29, 1.82) is 0 Å². The summed E-state index contributed by atoms with van der Waals surface area (Å²) >= 11 is 0.000116. The van der Waals surface area contributed by atoms with E-state index in [1.165, 1.54) is 12.1 Å². The van der Waals surface area contributed by atoms with Crippen LogP contribution in [0, 0.1) is 5.82 Å². The van der Waals surface area contributed by atoms with Crippen molar-refractivity contribution in [3.8, 4) is 0 Å². The molecule has 4 heteroatoms. The summed E-state index contributed by atoms with van der Waals surface area (Å²) in [6.07, 6.45) is 0. The van der Waals surface area contributed by atoms with E-state index in [2.05, 4.69) is 3.98 Å². The van der Waals surface area contributed by atoms with Crippen molar-refractivity contribution >= 4 is 24.4 Å². The monoisotopic (exact) mass is 217 g/mol. The Morgan fingerprint density at radius 3 is 3.09 bits per heavy atom. The molecule has 2 nitrogen and oxygen atoms in total. The Hall–Kier alpha value is -0.861. The van der Waals surface area contributed by atoms with E-state index in [0.29, 0.717) is 5.39 Å². The molecule has 11 heavy (non-hydrogen) atoms. The molecule has 0 aliphatic carbocycles. The zero-order valence-electron chi connectivity index (χ0n) is 5.43. The van der Waals surface area contributed by atoms with Crippen LogP contribution < -0.4 is 5.56 Å². The van der Waals surface area contributed by atoms with E-state index >= 15 is 0 Å². The summed E-state index contributed by atoms with van der Waals surface area (Å²) in [5.74, 6) is -0.350. The molecular weight excluding hydrogens is 212 g/mol. The topological polar surface area (TPSA) is 32.9 Å². The van der Waals surface area contributed by atoms with E-state index in [0.717, 1.165) is 4.26 Å². The van der Waals surface area contributed by atoms with Crippen LogP contribution in [0.15, 0.2) is 23.0 Å². The Kier molecular flexibility index (Phi) is 1.44. The normalized spacial score (nSPS) is 10.6. The number of aromatic nitrogens is 1. The van der Waals surface area contributed by atoms with Gasteiger partial charge in [0.15, 0.2) is 0 Å². The molecule has 0 radical (unpaired) electrons. The fraction of sp³-hybridized carbons (Fsp3) is 0. The molecule has 1 N–H and O–H groups in total. The second-order valence-electron chi connectivity index (χ2n) is 2.17. The van der Waals surface area contributed by atoms with Gasteiger partial charge in [-0.3, -0.25) is 0 Å². The molecule has 0 fully saturated rings. The molecule has 0 saturated heterocycles. The molecule has 1 aromatic carbocycles. The number of H-pyrrole nitrogens is 1. The quantitative estimate of drug-likeness (QED) is 0.647. The Morgan fingerprint density at radius 2 is 2.27 bits per heavy atom. The Morgan fingerprint density at radius 1 is 1.45 bits per heavy atom. The van der Waals surface area contributed by atoms with Gasteiger partial charge in [0.2, 0.25) is 0 Å². The van der Waals surface area contributed by atoms with Gasteiger partial charge in [-0.15, -0.1) is 0 Å². The van der Waals surface area contributed by atoms with Gasteiger partial charge in [0, 0.05) is 0 Å². The molecule has 0 aliphatic heterocycles. The number of halogens is 1. The van der Waals surface area contributed by atoms with Gasteiger partial charge in [0.05, 0.1) is 0 Å². The number of benzene rings is 1. The van der Waals surface area contributed by atoms with Crippen LogP contribution in [0.3, 0.4) is 0 Å². The maximum absolute atomic E-state index is 12.6. The van der Waals surface area contributed by atoms with E-state index in [1.807, 2.05) is 0 Å². The average Bonchev–Trinajstić information content (AvgIpc) is 2.33. The Bertz CT molecular complexity index is 445. The molecule has 0 amide bonds. The van der Waals surface area contributed by atoms with E-state index in [9.17, 15) is 9.18 Å². The summed E-state index contributed by atoms with van der Waals surface area (Å²) in [6.45, 7) is 0. The minimum absolute atomic E-state index is 0.000116. The Balaban J connectivity index is 2.99. The van der Waals surface area contributed by atoms with Crippen LogP contribution in [0.5, 0.6) is 0 Å². The maximum atomic E-state index is 12.6. The van der Waals surface area contributed by atoms with Crippen molar-refractivity contribution in [3.63, 3.8) is 0 Å². The fourth-order valence-electron chi connectivity index (χ4n) is 0.925. The van der Waals surface area contributed by atoms with Crippen molar-refractivity contribution < 1.29 is 4.39 Å². The summed E-state index contributed by atoms with van der Waals surface area (Å²) in [5, 5.41) is 0.491. The average molecular weight is 216 g/mol. The van der Waals surface area contributed by atoms with Crippen molar-refractivity contribution in [3.05, 3.63) is 34.4 Å². The first-order chi connectivity index (χ1) is 5.27. The molecule has 0 spiro atoms. The van der Waals surface area contributed by atoms with Crippen molar-refractivity contribution in [2.45, 2.75) is 0 Å². The van der Waals surface area contributed by atoms with Crippen molar-refractivity contribution in [2.24, 2.45) is 0 Å². The van der Waals surface area contributed by atoms with Crippen molar-refractivity contribution in [1.82, 2.24) is 3.98 Å². The zero-order chi connectivity index (χ0) is 7.84. The van der Waals surface area contributed by atoms with Gasteiger partial charge in [0.1, 0.15) is 0 Å². The van der Waals surface area contributed by atoms with Gasteiger partial charge >= 0.3 is 67.1 Å². The molecule has 0 saturated carbocycles. The van der Waals surface area contributed by atoms with Crippen LogP contribution in [-0.4, -0.2) is 18.7 Å². The van der Waals surface area contributed by atoms with Crippen LogP contribution in [0.2, 0.25) is 0 Å². The van der Waals surface area contributed by atoms with Gasteiger partial charge in [-0.2, -0.15) is 0 Å². The predicted molar refractivity (Wildman–Crippen MR) is 41.5 cm³/mol. The molecule has 0 aliphatic rings. The van der Waals surface area contributed by atoms with E-state index in [4.69, 9.17) is 0 Å². The van der Waals surface area contributed by atoms with E-state index in [1.54, 1.807) is 6.07 Å². The molecule has 0 unspecified atom stereocenters. The first-order valence-electron chi connectivity index (χ1n) is 3.04. The standard InChI is InChI=1S/C7H4FNOSe/c8-4-1-2-6-5(3-4)7(10)9-11-6/h1-3H,(H,9,10). The summed E-state index contributed by atoms with van der Waals surface area (Å²) in [6, 6.07) is 4.31. The molecule has 1 aromatic heterocycles. The summed E-state index contributed by atoms with van der Waals surface area (Å²) in [7, 11) is 0. The van der Waals surface area contributed by atoms with Gasteiger partial charge in [0.25, 0.3) is 0 Å². The third-order valence-corrected chi connectivity index (χ3v) is 3.25. The number of hydrogen-bond donors (Lipinski definition) is 1. The number of nitrogens with one attached hydrogen (secondary N) is 1. The van der Waals surface area contributed by atoms with Gasteiger partial charge < -0.3 is 0 Å². The summed E-state index contributed by atoms with van der Waals surface area (Å²) in [4.78, 5) is 11.0. The number of rotatable bonds is 0. The molecule has 56 valence electrons. The van der Waals surface area contributed by atoms with E-state index in [-0.39, 0.29) is 26.1 Å². The first-order valence-corrected chi connectivity index (χ1v) is 4.75. The molecule has 0 bridgehead atoms. The zero-order valence-corrected chi connectivity index (χ0v) is 7.14. The van der Waals surface area contributed by atoms with Crippen LogP contribution in [0.25, 0.3) is 9.65 Å². The second-order valence-corrected chi connectivity index (χ2v) is 3.95. The van der Waals surface area contributed by atoms with Crippen LogP contribution in [0.1, 0.15) is 0 Å². The summed E-state index contributed by atoms with van der Waals surface area (Å²) < 4.78 is 16.2. The fourth-order valence-corrected chi connectivity index (χ4v) is 2.42. The first kappa shape index (κ1) is 6.83. The molecule has 1 heterocycles. The number of fused-ring (bicyclic) bond motifs is 1. The number of aromatic amines is 1. The summed E-state index contributed by atoms with van der Waals surface area (Å²) in [5.41, 5.74) is -0.153. The molecule has 2 aromatic rings. The van der Waals surface area contributed by atoms with Crippen molar-refractivity contribution in [2.75, 3.05) is 0 Å².